The Balaban J connectivity index is 1.26. The molecular formula is C44H34N4O5. The number of fused-ring (bicyclic) bond motifs is 1. The second-order valence-electron chi connectivity index (χ2n) is 12.5. The van der Waals surface area contributed by atoms with Crippen LogP contribution in [0.15, 0.2) is 167 Å². The summed E-state index contributed by atoms with van der Waals surface area (Å²) >= 11 is 0. The molecule has 53 heavy (non-hydrogen) atoms. The Hall–Kier alpha value is -7.00. The zero-order valence-electron chi connectivity index (χ0n) is 28.8. The molecule has 0 spiro atoms. The topological polar surface area (TPSA) is 112 Å². The number of nitrogens with zero attached hydrogens (tertiary/aromatic N) is 4. The van der Waals surface area contributed by atoms with E-state index in [1.807, 2.05) is 146 Å². The Morgan fingerprint density at radius 1 is 0.698 bits per heavy atom. The van der Waals surface area contributed by atoms with Gasteiger partial charge in [-0.05, 0) is 52.4 Å². The molecule has 9 heteroatoms. The number of aromatic nitrogens is 4. The number of ether oxygens (including phenoxy) is 1. The van der Waals surface area contributed by atoms with Gasteiger partial charge < -0.3 is 14.4 Å². The fraction of sp³-hybridized carbons (Fsp3) is 0.0909. The van der Waals surface area contributed by atoms with Crippen LogP contribution in [0.3, 0.4) is 0 Å². The minimum atomic E-state index is -1.09. The fourth-order valence-electron chi connectivity index (χ4n) is 7.19. The van der Waals surface area contributed by atoms with Crippen LogP contribution in [0.4, 0.5) is 0 Å². The van der Waals surface area contributed by atoms with Crippen molar-refractivity contribution in [2.75, 3.05) is 6.61 Å². The molecule has 6 aromatic carbocycles. The van der Waals surface area contributed by atoms with Crippen molar-refractivity contribution in [3.05, 3.63) is 196 Å². The molecule has 0 saturated heterocycles. The van der Waals surface area contributed by atoms with E-state index < -0.39 is 17.3 Å². The van der Waals surface area contributed by atoms with E-state index in [0.29, 0.717) is 41.6 Å². The van der Waals surface area contributed by atoms with Crippen LogP contribution in [-0.4, -0.2) is 37.0 Å². The number of carboxylic acids is 1. The highest BCUT2D eigenvalue weighted by molar-refractivity contribution is 6.01. The molecular weight excluding hydrogens is 665 g/mol. The van der Waals surface area contributed by atoms with E-state index >= 15 is 0 Å². The zero-order chi connectivity index (χ0) is 36.4. The number of hydrogen-bond acceptors (Lipinski definition) is 6. The van der Waals surface area contributed by atoms with Crippen LogP contribution >= 0.6 is 0 Å². The highest BCUT2D eigenvalue weighted by atomic mass is 16.5. The van der Waals surface area contributed by atoms with E-state index in [1.54, 1.807) is 27.5 Å². The van der Waals surface area contributed by atoms with Gasteiger partial charge in [0, 0.05) is 5.56 Å². The second-order valence-corrected chi connectivity index (χ2v) is 12.5. The lowest BCUT2D eigenvalue weighted by Gasteiger charge is -2.36. The minimum absolute atomic E-state index is 0.155. The summed E-state index contributed by atoms with van der Waals surface area (Å²) in [5.74, 6) is -1.37. The van der Waals surface area contributed by atoms with Crippen molar-refractivity contribution in [3.63, 3.8) is 0 Å². The summed E-state index contributed by atoms with van der Waals surface area (Å²) in [5.41, 5.74) is 6.17. The third-order valence-electron chi connectivity index (χ3n) is 9.45. The second kappa shape index (κ2) is 14.0. The Kier molecular flexibility index (Phi) is 8.73. The van der Waals surface area contributed by atoms with Crippen LogP contribution in [0.25, 0.3) is 33.5 Å². The molecule has 0 bridgehead atoms. The quantitative estimate of drug-likeness (QED) is 0.135. The first kappa shape index (κ1) is 33.2. The van der Waals surface area contributed by atoms with Crippen LogP contribution in [-0.2, 0) is 12.1 Å². The predicted octanol–water partition coefficient (Wildman–Crippen LogP) is 8.51. The van der Waals surface area contributed by atoms with Crippen molar-refractivity contribution in [1.29, 1.82) is 0 Å². The summed E-state index contributed by atoms with van der Waals surface area (Å²) in [7, 11) is 0. The molecule has 9 nitrogen and oxygen atoms in total. The van der Waals surface area contributed by atoms with Crippen molar-refractivity contribution in [1.82, 2.24) is 19.3 Å². The molecule has 0 radical (unpaired) electrons. The molecule has 8 rings (SSSR count). The van der Waals surface area contributed by atoms with E-state index in [-0.39, 0.29) is 5.56 Å². The first-order valence-electron chi connectivity index (χ1n) is 17.3. The van der Waals surface area contributed by atoms with Gasteiger partial charge in [-0.1, -0.05) is 146 Å². The number of aromatic carboxylic acids is 1. The molecule has 0 saturated carbocycles. The maximum absolute atomic E-state index is 13.3. The van der Waals surface area contributed by atoms with Gasteiger partial charge in [0.15, 0.2) is 11.4 Å². The number of benzene rings is 6. The van der Waals surface area contributed by atoms with Crippen LogP contribution in [0, 0.1) is 0 Å². The van der Waals surface area contributed by atoms with Crippen molar-refractivity contribution in [2.45, 2.75) is 19.0 Å². The van der Waals surface area contributed by atoms with Gasteiger partial charge in [-0.25, -0.2) is 9.59 Å². The molecule has 2 heterocycles. The Morgan fingerprint density at radius 2 is 1.26 bits per heavy atom. The maximum Gasteiger partial charge on any atom is 0.460 e. The summed E-state index contributed by atoms with van der Waals surface area (Å²) in [5, 5.41) is 9.95. The van der Waals surface area contributed by atoms with Crippen LogP contribution in [0.5, 0.6) is 6.01 Å². The molecule has 0 atom stereocenters. The highest BCUT2D eigenvalue weighted by Crippen LogP contribution is 2.44. The van der Waals surface area contributed by atoms with Gasteiger partial charge >= 0.3 is 11.7 Å². The number of imidazole rings is 1. The Labute approximate surface area is 305 Å². The Bertz CT molecular complexity index is 2500. The largest absolute Gasteiger partial charge is 0.478 e. The van der Waals surface area contributed by atoms with Crippen LogP contribution < -0.4 is 10.5 Å². The predicted molar refractivity (Wildman–Crippen MR) is 203 cm³/mol. The smallest absolute Gasteiger partial charge is 0.460 e. The SMILES string of the molecule is CCOc1nc2cccc(C(=O)O)c2n1Cc1ccc(-c2ccccc2-c2nc(=O)on2C(c2ccccc2)(c2ccccc2)c2ccccc2)cc1. The number of carboxylic acid groups (broad SMARTS) is 1. The first-order chi connectivity index (χ1) is 26.0. The van der Waals surface area contributed by atoms with E-state index in [2.05, 4.69) is 9.97 Å². The summed E-state index contributed by atoms with van der Waals surface area (Å²) < 4.78 is 15.4. The molecule has 0 aliphatic heterocycles. The molecule has 1 N–H and O–H groups in total. The van der Waals surface area contributed by atoms with Crippen molar-refractivity contribution >= 4 is 17.0 Å². The first-order valence-corrected chi connectivity index (χ1v) is 17.3. The van der Waals surface area contributed by atoms with Gasteiger partial charge in [0.25, 0.3) is 6.01 Å². The molecule has 0 aliphatic rings. The number of para-hydroxylation sites is 1. The molecule has 8 aromatic rings. The van der Waals surface area contributed by atoms with Crippen molar-refractivity contribution < 1.29 is 19.2 Å². The molecule has 0 amide bonds. The van der Waals surface area contributed by atoms with Crippen molar-refractivity contribution in [3.8, 4) is 28.5 Å². The monoisotopic (exact) mass is 698 g/mol. The summed E-state index contributed by atoms with van der Waals surface area (Å²) in [4.78, 5) is 34.6. The van der Waals surface area contributed by atoms with E-state index in [1.165, 1.54) is 0 Å². The molecule has 0 unspecified atom stereocenters. The lowest BCUT2D eigenvalue weighted by Crippen LogP contribution is -2.38. The van der Waals surface area contributed by atoms with Crippen molar-refractivity contribution in [2.24, 2.45) is 0 Å². The number of carbonyl (C=O) groups is 1. The van der Waals surface area contributed by atoms with Gasteiger partial charge in [0.2, 0.25) is 0 Å². The summed E-state index contributed by atoms with van der Waals surface area (Å²) in [6.07, 6.45) is 0. The highest BCUT2D eigenvalue weighted by Gasteiger charge is 2.43. The third-order valence-corrected chi connectivity index (χ3v) is 9.45. The van der Waals surface area contributed by atoms with Crippen LogP contribution in [0.1, 0.15) is 39.5 Å². The van der Waals surface area contributed by atoms with Gasteiger partial charge in [-0.3, -0.25) is 4.57 Å². The molecule has 0 aliphatic carbocycles. The van der Waals surface area contributed by atoms with E-state index in [9.17, 15) is 14.7 Å². The van der Waals surface area contributed by atoms with E-state index in [4.69, 9.17) is 9.26 Å². The number of hydrogen-bond donors (Lipinski definition) is 1. The van der Waals surface area contributed by atoms with Crippen LogP contribution in [0.2, 0.25) is 0 Å². The third kappa shape index (κ3) is 5.88. The standard InChI is InChI=1S/C44H34N4O5/c1-2-52-42-45-38-24-14-23-37(41(49)50)39(38)47(42)29-30-25-27-31(28-26-30)35-21-12-13-22-36(35)40-46-43(51)53-48(40)44(32-15-6-3-7-16-32,33-17-8-4-9-18-33)34-19-10-5-11-20-34/h3-28H,2,29H2,1H3,(H,49,50). The Morgan fingerprint density at radius 3 is 1.83 bits per heavy atom. The molecule has 260 valence electrons. The van der Waals surface area contributed by atoms with Gasteiger partial charge in [0.1, 0.15) is 0 Å². The van der Waals surface area contributed by atoms with Gasteiger partial charge in [0.05, 0.1) is 29.7 Å². The van der Waals surface area contributed by atoms with Gasteiger partial charge in [-0.2, -0.15) is 14.7 Å². The number of rotatable bonds is 11. The average molecular weight is 699 g/mol. The summed E-state index contributed by atoms with van der Waals surface area (Å²) in [6, 6.07) is 51.2. The lowest BCUT2D eigenvalue weighted by molar-refractivity contribution is 0.0698. The van der Waals surface area contributed by atoms with Gasteiger partial charge in [-0.15, -0.1) is 0 Å². The maximum atomic E-state index is 13.3. The zero-order valence-corrected chi connectivity index (χ0v) is 28.8. The average Bonchev–Trinajstić information content (AvgIpc) is 3.76. The normalized spacial score (nSPS) is 11.5. The summed E-state index contributed by atoms with van der Waals surface area (Å²) in [6.45, 7) is 2.59. The fourth-order valence-corrected chi connectivity index (χ4v) is 7.19. The molecule has 2 aromatic heterocycles. The van der Waals surface area contributed by atoms with E-state index in [0.717, 1.165) is 33.4 Å². The minimum Gasteiger partial charge on any atom is -0.478 e. The lowest BCUT2D eigenvalue weighted by atomic mass is 9.77. The molecule has 0 fully saturated rings.